The number of carbonyl (C=O) groups excluding carboxylic acids is 9. The highest BCUT2D eigenvalue weighted by Gasteiger charge is 2.52. The summed E-state index contributed by atoms with van der Waals surface area (Å²) in [5.74, 6) is -3.33. The van der Waals surface area contributed by atoms with Crippen LogP contribution >= 0.6 is 57.7 Å². The van der Waals surface area contributed by atoms with Gasteiger partial charge < -0.3 is 25.8 Å². The van der Waals surface area contributed by atoms with Crippen LogP contribution in [0.1, 0.15) is 233 Å². The first kappa shape index (κ1) is 97.8. The summed E-state index contributed by atoms with van der Waals surface area (Å²) in [6, 6.07) is 64.0. The number of rotatable bonds is 25. The largest absolute Gasteiger partial charge is 0.348 e. The van der Waals surface area contributed by atoms with E-state index >= 15 is 0 Å². The van der Waals surface area contributed by atoms with E-state index in [1.165, 1.54) is 63.8 Å². The SMILES string of the molecule is CC(C)C(NC(=O)C1(c2ccc(Cl)cc2)CC1)c1ccc(C(=O)NO)cc1.CC(NS(=O)(=O)c1ccc(Cl)cc1)c1ccc(C(=O)NO)cc1.CCC[C@@H](NC(=O)c1cc2ccccc2s1)c1ccc(C(=O)NO)cc1.C[C@@H](NC(=O)c1cc(Cl)c(Cl)n1C)c1cccc(C(=O)NO)c1.Cc1ccc(C(=O)NC(c2ccc(C(=O)NO)cc2)C(C)(C)C)cc1. The van der Waals surface area contributed by atoms with Crippen LogP contribution in [0.15, 0.2) is 235 Å². The second kappa shape index (κ2) is 45.1. The van der Waals surface area contributed by atoms with Gasteiger partial charge in [0.05, 0.1) is 44.4 Å². The lowest BCUT2D eigenvalue weighted by molar-refractivity contribution is -0.124. The van der Waals surface area contributed by atoms with E-state index in [0.29, 0.717) is 59.0 Å². The third-order valence-corrected chi connectivity index (χ3v) is 24.1. The normalized spacial score (nSPS) is 13.0. The van der Waals surface area contributed by atoms with Gasteiger partial charge in [0.15, 0.2) is 0 Å². The Labute approximate surface area is 742 Å². The van der Waals surface area contributed by atoms with Gasteiger partial charge >= 0.3 is 0 Å². The summed E-state index contributed by atoms with van der Waals surface area (Å²) in [6.07, 6.45) is 3.35. The Bertz CT molecular complexity index is 5630. The molecular formula is C91H97Cl4N11O16S2. The van der Waals surface area contributed by atoms with Crippen LogP contribution in [-0.4, -0.2) is 92.2 Å². The van der Waals surface area contributed by atoms with Gasteiger partial charge in [-0.1, -0.05) is 203 Å². The highest BCUT2D eigenvalue weighted by atomic mass is 35.5. The van der Waals surface area contributed by atoms with Crippen molar-refractivity contribution in [3.05, 3.63) is 334 Å². The van der Waals surface area contributed by atoms with Gasteiger partial charge in [-0.2, -0.15) is 0 Å². The first-order chi connectivity index (χ1) is 58.9. The molecule has 2 aromatic heterocycles. The molecule has 12 rings (SSSR count). The van der Waals surface area contributed by atoms with Crippen LogP contribution in [0, 0.1) is 18.3 Å². The fraction of sp³-hybridized carbons (Fsp3) is 0.242. The number of aromatic nitrogens is 1. The number of nitrogens with zero attached hydrogens (tertiary/aromatic N) is 1. The van der Waals surface area contributed by atoms with E-state index in [1.807, 2.05) is 108 Å². The van der Waals surface area contributed by atoms with E-state index in [0.717, 1.165) is 63.6 Å². The van der Waals surface area contributed by atoms with Gasteiger partial charge in [-0.25, -0.2) is 40.5 Å². The lowest BCUT2D eigenvalue weighted by Gasteiger charge is -2.32. The van der Waals surface area contributed by atoms with Crippen molar-refractivity contribution >= 4 is 131 Å². The van der Waals surface area contributed by atoms with Gasteiger partial charge in [0.1, 0.15) is 10.8 Å². The van der Waals surface area contributed by atoms with Crippen LogP contribution in [0.3, 0.4) is 0 Å². The Balaban J connectivity index is 0.000000193. The van der Waals surface area contributed by atoms with Crippen molar-refractivity contribution in [1.82, 2.24) is 58.0 Å². The van der Waals surface area contributed by atoms with Gasteiger partial charge in [0, 0.05) is 61.2 Å². The maximum atomic E-state index is 13.1. The van der Waals surface area contributed by atoms with Crippen molar-refractivity contribution in [1.29, 1.82) is 0 Å². The number of hydrogen-bond acceptors (Lipinski definition) is 17. The van der Waals surface area contributed by atoms with Gasteiger partial charge in [0.2, 0.25) is 15.9 Å². The van der Waals surface area contributed by atoms with Crippen LogP contribution < -0.4 is 53.4 Å². The zero-order valence-electron chi connectivity index (χ0n) is 69.2. The molecule has 0 saturated heterocycles. The van der Waals surface area contributed by atoms with Crippen LogP contribution in [0.2, 0.25) is 20.2 Å². The number of halogens is 4. The fourth-order valence-corrected chi connectivity index (χ4v) is 15.8. The number of amides is 9. The highest BCUT2D eigenvalue weighted by Crippen LogP contribution is 2.49. The van der Waals surface area contributed by atoms with Gasteiger partial charge in [-0.3, -0.25) is 69.2 Å². The number of aryl methyl sites for hydroxylation is 1. The number of sulfonamides is 1. The monoisotopic (exact) mass is 1800 g/mol. The standard InChI is InChI=1S/C21H23ClN2O3.C20H20N2O3S.C20H24N2O3.C15H15Cl2N3O3.C15H15ClN2O4S/c1-13(2)18(14-3-5-15(6-4-14)19(25)24-27)23-20(26)21(11-12-21)16-7-9-17(22)10-8-16;1-2-5-16(13-8-10-14(11-9-13)19(23)22-25)21-20(24)18-12-15-6-3-4-7-17(15)26-18;1-13-5-7-15(8-6-13)18(23)21-17(20(2,3)4)14-9-11-16(12-10-14)19(24)22-25;1-8(9-4-3-5-10(6-9)14(21)19-23)18-15(22)12-7-11(16)13(17)20(12)2;1-10(11-2-4-12(5-3-11)15(19)17-20)18-23(21,22)14-8-6-13(16)7-9-14/h3-10,13,18,27H,11-12H2,1-2H3,(H,23,26)(H,24,25);3-4,6-12,16,25H,2,5H2,1H3,(H,21,24)(H,22,23);5-12,17,25H,1-4H3,(H,21,23)(H,22,24);3-8,23H,1-2H3,(H,18,22)(H,19,21);2-10,18,20H,1H3,(H,17,19)/t;16-;;8-;/m.1.1./s1. The van der Waals surface area contributed by atoms with E-state index in [9.17, 15) is 51.6 Å². The van der Waals surface area contributed by atoms with Crippen molar-refractivity contribution < 1.29 is 77.6 Å². The summed E-state index contributed by atoms with van der Waals surface area (Å²) < 4.78 is 29.7. The average Bonchev–Trinajstić information content (AvgIpc) is 1.60. The number of thiophene rings is 1. The lowest BCUT2D eigenvalue weighted by atomic mass is 9.82. The molecule has 3 unspecified atom stereocenters. The van der Waals surface area contributed by atoms with E-state index in [1.54, 1.807) is 164 Å². The summed E-state index contributed by atoms with van der Waals surface area (Å²) in [4.78, 5) is 109. The summed E-state index contributed by atoms with van der Waals surface area (Å²) in [5.41, 5.74) is 16.0. The molecule has 0 bridgehead atoms. The minimum Gasteiger partial charge on any atom is -0.348 e. The smallest absolute Gasteiger partial charge is 0.274 e. The van der Waals surface area contributed by atoms with E-state index in [4.69, 9.17) is 72.4 Å². The second-order valence-electron chi connectivity index (χ2n) is 30.4. The molecule has 0 spiro atoms. The molecule has 0 aliphatic heterocycles. The molecule has 27 nitrogen and oxygen atoms in total. The number of hydroxylamine groups is 5. The summed E-state index contributed by atoms with van der Waals surface area (Å²) in [5, 5.41) is 58.3. The van der Waals surface area contributed by atoms with Crippen molar-refractivity contribution in [3.8, 4) is 0 Å². The number of fused-ring (bicyclic) bond motifs is 1. The average molecular weight is 1810 g/mol. The molecule has 1 saturated carbocycles. The Morgan fingerprint density at radius 3 is 1.39 bits per heavy atom. The maximum absolute atomic E-state index is 13.1. The molecule has 9 amide bonds. The highest BCUT2D eigenvalue weighted by molar-refractivity contribution is 7.89. The van der Waals surface area contributed by atoms with Gasteiger partial charge in [-0.15, -0.1) is 11.3 Å². The van der Waals surface area contributed by atoms with Crippen molar-refractivity contribution in [3.63, 3.8) is 0 Å². The minimum absolute atomic E-state index is 0.0145. The first-order valence-electron chi connectivity index (χ1n) is 38.9. The number of nitrogens with one attached hydrogen (secondary N) is 10. The van der Waals surface area contributed by atoms with Crippen LogP contribution in [0.5, 0.6) is 0 Å². The molecular weight excluding hydrogens is 1710 g/mol. The molecule has 33 heteroatoms. The Morgan fingerprint density at radius 2 is 0.927 bits per heavy atom. The summed E-state index contributed by atoms with van der Waals surface area (Å²) >= 11 is 25.0. The Morgan fingerprint density at radius 1 is 0.468 bits per heavy atom. The molecule has 124 heavy (non-hydrogen) atoms. The minimum atomic E-state index is -3.68. The van der Waals surface area contributed by atoms with Crippen molar-refractivity contribution in [2.45, 2.75) is 129 Å². The molecule has 1 fully saturated rings. The molecule has 15 N–H and O–H groups in total. The first-order valence-corrected chi connectivity index (χ1v) is 42.8. The molecule has 1 aliphatic carbocycles. The molecule has 11 aromatic rings. The van der Waals surface area contributed by atoms with E-state index in [-0.39, 0.29) is 80.3 Å². The second-order valence-corrected chi connectivity index (χ2v) is 34.9. The lowest BCUT2D eigenvalue weighted by Crippen LogP contribution is -2.39. The predicted molar refractivity (Wildman–Crippen MR) is 476 cm³/mol. The molecule has 1 aliphatic rings. The van der Waals surface area contributed by atoms with E-state index in [2.05, 4.69) is 32.9 Å². The zero-order valence-corrected chi connectivity index (χ0v) is 73.9. The molecule has 9 aromatic carbocycles. The molecule has 5 atom stereocenters. The molecule has 2 heterocycles. The Kier molecular flexibility index (Phi) is 35.6. The van der Waals surface area contributed by atoms with Crippen LogP contribution in [0.25, 0.3) is 10.1 Å². The fourth-order valence-electron chi connectivity index (χ4n) is 12.9. The Hall–Kier alpha value is -11.7. The third-order valence-electron chi connectivity index (χ3n) is 20.1. The van der Waals surface area contributed by atoms with Crippen molar-refractivity contribution in [2.24, 2.45) is 18.4 Å². The van der Waals surface area contributed by atoms with Crippen molar-refractivity contribution in [2.75, 3.05) is 0 Å². The van der Waals surface area contributed by atoms with Gasteiger partial charge in [0.25, 0.3) is 47.3 Å². The number of carbonyl (C=O) groups is 9. The number of hydrogen-bond donors (Lipinski definition) is 15. The third kappa shape index (κ3) is 26.7. The van der Waals surface area contributed by atoms with Gasteiger partial charge in [-0.05, 0) is 218 Å². The van der Waals surface area contributed by atoms with Crippen LogP contribution in [-0.2, 0) is 27.3 Å². The zero-order chi connectivity index (χ0) is 90.9. The van der Waals surface area contributed by atoms with Crippen LogP contribution in [0.4, 0.5) is 0 Å². The maximum Gasteiger partial charge on any atom is 0.274 e. The van der Waals surface area contributed by atoms with E-state index < -0.39 is 51.0 Å². The summed E-state index contributed by atoms with van der Waals surface area (Å²) in [6.45, 7) is 17.7. The quantitative estimate of drug-likeness (QED) is 0.0187. The molecule has 652 valence electrons. The number of benzene rings is 9. The molecule has 0 radical (unpaired) electrons. The topological polar surface area (TPSA) is 414 Å². The predicted octanol–water partition coefficient (Wildman–Crippen LogP) is 17.4. The summed E-state index contributed by atoms with van der Waals surface area (Å²) in [7, 11) is -2.04.